The van der Waals surface area contributed by atoms with E-state index >= 15 is 0 Å². The van der Waals surface area contributed by atoms with Gasteiger partial charge in [0.1, 0.15) is 5.82 Å². The Balaban J connectivity index is 2.43. The summed E-state index contributed by atoms with van der Waals surface area (Å²) in [5.41, 5.74) is 0.452. The summed E-state index contributed by atoms with van der Waals surface area (Å²) in [4.78, 5) is 14.8. The second-order valence-corrected chi connectivity index (χ2v) is 8.53. The Hall–Kier alpha value is -1.24. The van der Waals surface area contributed by atoms with E-state index in [1.165, 1.54) is 12.1 Å². The molecule has 120 valence electrons. The van der Waals surface area contributed by atoms with Crippen LogP contribution in [0.3, 0.4) is 0 Å². The van der Waals surface area contributed by atoms with Gasteiger partial charge in [0.2, 0.25) is 0 Å². The summed E-state index contributed by atoms with van der Waals surface area (Å²) in [5, 5.41) is 0.612. The van der Waals surface area contributed by atoms with Crippen molar-refractivity contribution in [1.29, 1.82) is 0 Å². The molecule has 1 aromatic carbocycles. The average molecular weight is 345 g/mol. The molecule has 2 aromatic rings. The summed E-state index contributed by atoms with van der Waals surface area (Å²) in [6, 6.07) is 3.86. The van der Waals surface area contributed by atoms with Crippen LogP contribution in [-0.4, -0.2) is 13.9 Å². The molecule has 2 rings (SSSR count). The molecule has 7 heteroatoms. The molecule has 0 aliphatic carbocycles. The van der Waals surface area contributed by atoms with Crippen molar-refractivity contribution < 1.29 is 8.60 Å². The zero-order valence-electron chi connectivity index (χ0n) is 12.8. The monoisotopic (exact) mass is 344 g/mol. The van der Waals surface area contributed by atoms with Crippen molar-refractivity contribution >= 4 is 33.5 Å². The Morgan fingerprint density at radius 3 is 2.55 bits per heavy atom. The maximum absolute atomic E-state index is 13.4. The summed E-state index contributed by atoms with van der Waals surface area (Å²) in [5.74, 6) is -0.586. The fourth-order valence-electron chi connectivity index (χ4n) is 1.94. The molecule has 0 spiro atoms. The van der Waals surface area contributed by atoms with Gasteiger partial charge in [-0.2, -0.15) is 0 Å². The molecule has 4 nitrogen and oxygen atoms in total. The van der Waals surface area contributed by atoms with Gasteiger partial charge in [0.05, 0.1) is 26.3 Å². The molecule has 0 saturated heterocycles. The Morgan fingerprint density at radius 1 is 1.32 bits per heavy atom. The summed E-state index contributed by atoms with van der Waals surface area (Å²) < 4.78 is 28.0. The number of pyridine rings is 1. The Labute approximate surface area is 135 Å². The molecule has 0 amide bonds. The number of aromatic nitrogens is 1. The molecular formula is C15H18ClFN2O2S. The van der Waals surface area contributed by atoms with E-state index in [0.29, 0.717) is 16.5 Å². The van der Waals surface area contributed by atoms with Crippen molar-refractivity contribution in [2.24, 2.45) is 0 Å². The van der Waals surface area contributed by atoms with Gasteiger partial charge >= 0.3 is 0 Å². The maximum Gasteiger partial charge on any atom is 0.253 e. The molecule has 0 aliphatic rings. The molecule has 0 bridgehead atoms. The lowest BCUT2D eigenvalue weighted by Crippen LogP contribution is -2.36. The third-order valence-electron chi connectivity index (χ3n) is 3.22. The van der Waals surface area contributed by atoms with Gasteiger partial charge in [-0.3, -0.25) is 4.79 Å². The number of halogens is 2. The van der Waals surface area contributed by atoms with E-state index in [1.54, 1.807) is 13.0 Å². The predicted octanol–water partition coefficient (Wildman–Crippen LogP) is 3.43. The minimum atomic E-state index is -1.31. The van der Waals surface area contributed by atoms with Crippen LogP contribution in [0.2, 0.25) is 5.02 Å². The molecule has 22 heavy (non-hydrogen) atoms. The maximum atomic E-state index is 13.4. The van der Waals surface area contributed by atoms with Gasteiger partial charge < -0.3 is 4.98 Å². The number of rotatable bonds is 3. The van der Waals surface area contributed by atoms with Crippen molar-refractivity contribution in [3.05, 3.63) is 45.0 Å². The number of hydrogen-bond donors (Lipinski definition) is 2. The lowest BCUT2D eigenvalue weighted by Gasteiger charge is -2.22. The second kappa shape index (κ2) is 6.10. The third kappa shape index (κ3) is 3.56. The highest BCUT2D eigenvalue weighted by Gasteiger charge is 2.23. The highest BCUT2D eigenvalue weighted by atomic mass is 35.5. The molecule has 2 N–H and O–H groups in total. The summed E-state index contributed by atoms with van der Waals surface area (Å²) >= 11 is 5.77. The zero-order valence-corrected chi connectivity index (χ0v) is 14.4. The lowest BCUT2D eigenvalue weighted by molar-refractivity contribution is 0.614. The number of hydrogen-bond acceptors (Lipinski definition) is 2. The van der Waals surface area contributed by atoms with E-state index in [1.807, 2.05) is 20.8 Å². The van der Waals surface area contributed by atoms with Crippen molar-refractivity contribution in [2.75, 3.05) is 0 Å². The molecule has 0 saturated carbocycles. The Bertz CT molecular complexity index is 798. The van der Waals surface area contributed by atoms with Gasteiger partial charge in [-0.25, -0.2) is 13.3 Å². The van der Waals surface area contributed by atoms with Crippen LogP contribution >= 0.6 is 11.6 Å². The number of aromatic amines is 1. The van der Waals surface area contributed by atoms with Gasteiger partial charge in [0.25, 0.3) is 5.56 Å². The fraction of sp³-hybridized carbons (Fsp3) is 0.400. The Morgan fingerprint density at radius 2 is 1.95 bits per heavy atom. The van der Waals surface area contributed by atoms with E-state index in [0.717, 1.165) is 0 Å². The predicted molar refractivity (Wildman–Crippen MR) is 89.0 cm³/mol. The van der Waals surface area contributed by atoms with Gasteiger partial charge in [-0.05, 0) is 45.9 Å². The lowest BCUT2D eigenvalue weighted by atomic mass is 10.1. The van der Waals surface area contributed by atoms with Gasteiger partial charge in [-0.1, -0.05) is 11.6 Å². The van der Waals surface area contributed by atoms with E-state index in [-0.39, 0.29) is 10.6 Å². The molecular weight excluding hydrogens is 327 g/mol. The minimum absolute atomic E-state index is 0.00983. The topological polar surface area (TPSA) is 62.0 Å². The highest BCUT2D eigenvalue weighted by molar-refractivity contribution is 7.84. The first-order valence-electron chi connectivity index (χ1n) is 6.79. The molecule has 0 aliphatic heterocycles. The first-order chi connectivity index (χ1) is 10.1. The molecule has 0 fully saturated rings. The van der Waals surface area contributed by atoms with Crippen molar-refractivity contribution in [2.45, 2.75) is 38.5 Å². The fourth-order valence-corrected chi connectivity index (χ4v) is 2.91. The largest absolute Gasteiger partial charge is 0.322 e. The SMILES string of the molecule is C[C@@H](N[S@@](=O)C(C)(C)C)c1cc2cc(Cl)c(F)cc2[nH]c1=O. The minimum Gasteiger partial charge on any atom is -0.322 e. The van der Waals surface area contributed by atoms with E-state index in [9.17, 15) is 13.4 Å². The van der Waals surface area contributed by atoms with Crippen LogP contribution in [0.1, 0.15) is 39.3 Å². The number of H-pyrrole nitrogens is 1. The van der Waals surface area contributed by atoms with Crippen LogP contribution in [0.15, 0.2) is 23.0 Å². The first kappa shape index (κ1) is 17.1. The molecule has 0 radical (unpaired) electrons. The van der Waals surface area contributed by atoms with Crippen molar-refractivity contribution in [3.8, 4) is 0 Å². The van der Waals surface area contributed by atoms with Crippen LogP contribution in [0.5, 0.6) is 0 Å². The van der Waals surface area contributed by atoms with Crippen LogP contribution in [-0.2, 0) is 11.0 Å². The summed E-state index contributed by atoms with van der Waals surface area (Å²) in [6.45, 7) is 7.28. The van der Waals surface area contributed by atoms with Gasteiger partial charge in [0.15, 0.2) is 0 Å². The van der Waals surface area contributed by atoms with Crippen molar-refractivity contribution in [1.82, 2.24) is 9.71 Å². The first-order valence-corrected chi connectivity index (χ1v) is 8.32. The third-order valence-corrected chi connectivity index (χ3v) is 5.19. The van der Waals surface area contributed by atoms with E-state index in [2.05, 4.69) is 9.71 Å². The number of nitrogens with one attached hydrogen (secondary N) is 2. The number of benzene rings is 1. The number of fused-ring (bicyclic) bond motifs is 1. The van der Waals surface area contributed by atoms with Gasteiger partial charge in [-0.15, -0.1) is 0 Å². The Kier molecular flexibility index (Phi) is 4.75. The molecule has 2 atom stereocenters. The average Bonchev–Trinajstić information content (AvgIpc) is 2.38. The van der Waals surface area contributed by atoms with Crippen molar-refractivity contribution in [3.63, 3.8) is 0 Å². The van der Waals surface area contributed by atoms with Crippen LogP contribution in [0.25, 0.3) is 10.9 Å². The standard InChI is InChI=1S/C15H18ClFN2O2S/c1-8(19-22(21)15(2,3)4)10-5-9-6-11(16)12(17)7-13(9)18-14(10)20/h5-8,19H,1-4H3,(H,18,20)/t8-,22+/m1/s1. The van der Waals surface area contributed by atoms with E-state index in [4.69, 9.17) is 11.6 Å². The van der Waals surface area contributed by atoms with E-state index < -0.39 is 27.6 Å². The normalized spacial score (nSPS) is 15.0. The smallest absolute Gasteiger partial charge is 0.253 e. The van der Waals surface area contributed by atoms with Crippen LogP contribution in [0.4, 0.5) is 4.39 Å². The summed E-state index contributed by atoms with van der Waals surface area (Å²) in [6.07, 6.45) is 0. The zero-order chi connectivity index (χ0) is 16.7. The van der Waals surface area contributed by atoms with Crippen LogP contribution in [0, 0.1) is 5.82 Å². The second-order valence-electron chi connectivity index (χ2n) is 6.13. The summed E-state index contributed by atoms with van der Waals surface area (Å²) in [7, 11) is -1.31. The van der Waals surface area contributed by atoms with Crippen LogP contribution < -0.4 is 10.3 Å². The highest BCUT2D eigenvalue weighted by Crippen LogP contribution is 2.23. The quantitative estimate of drug-likeness (QED) is 0.896. The molecule has 1 aromatic heterocycles. The van der Waals surface area contributed by atoms with Gasteiger partial charge in [0, 0.05) is 17.0 Å². The molecule has 0 unspecified atom stereocenters. The molecule has 1 heterocycles.